The molecular weight excluding hydrogens is 216 g/mol. The average molecular weight is 234 g/mol. The van der Waals surface area contributed by atoms with Gasteiger partial charge in [0.2, 0.25) is 5.65 Å². The molecule has 2 aromatic heterocycles. The molecule has 0 saturated carbocycles. The van der Waals surface area contributed by atoms with E-state index in [-0.39, 0.29) is 6.10 Å². The molecule has 0 bridgehead atoms. The van der Waals surface area contributed by atoms with Crippen molar-refractivity contribution >= 4 is 11.5 Å². The standard InChI is InChI=1S/C12H18N4O/c1-4-5-9(2)17-12-11-14-6-7-16(11)8-10(13-3)15-12/h6-9,13H,4-5H2,1-3H3. The third kappa shape index (κ3) is 2.49. The maximum atomic E-state index is 5.83. The van der Waals surface area contributed by atoms with Crippen molar-refractivity contribution in [3.63, 3.8) is 0 Å². The monoisotopic (exact) mass is 234 g/mol. The van der Waals surface area contributed by atoms with Gasteiger partial charge in [0, 0.05) is 19.4 Å². The van der Waals surface area contributed by atoms with Crippen molar-refractivity contribution in [2.75, 3.05) is 12.4 Å². The molecule has 1 unspecified atom stereocenters. The zero-order valence-corrected chi connectivity index (χ0v) is 10.5. The first-order valence-corrected chi connectivity index (χ1v) is 5.92. The Morgan fingerprint density at radius 1 is 1.53 bits per heavy atom. The summed E-state index contributed by atoms with van der Waals surface area (Å²) >= 11 is 0. The van der Waals surface area contributed by atoms with Crippen LogP contribution in [0, 0.1) is 0 Å². The molecule has 2 rings (SSSR count). The second-order valence-corrected chi connectivity index (χ2v) is 4.06. The summed E-state index contributed by atoms with van der Waals surface area (Å²) in [6.45, 7) is 4.19. The first kappa shape index (κ1) is 11.7. The summed E-state index contributed by atoms with van der Waals surface area (Å²) in [6, 6.07) is 0. The smallest absolute Gasteiger partial charge is 0.260 e. The maximum absolute atomic E-state index is 5.83. The highest BCUT2D eigenvalue weighted by Crippen LogP contribution is 2.20. The lowest BCUT2D eigenvalue weighted by Crippen LogP contribution is -2.13. The minimum Gasteiger partial charge on any atom is -0.472 e. The highest BCUT2D eigenvalue weighted by atomic mass is 16.5. The molecule has 0 radical (unpaired) electrons. The van der Waals surface area contributed by atoms with Gasteiger partial charge in [-0.3, -0.25) is 4.40 Å². The lowest BCUT2D eigenvalue weighted by molar-refractivity contribution is 0.203. The van der Waals surface area contributed by atoms with E-state index < -0.39 is 0 Å². The van der Waals surface area contributed by atoms with Crippen molar-refractivity contribution < 1.29 is 4.74 Å². The van der Waals surface area contributed by atoms with E-state index in [4.69, 9.17) is 4.74 Å². The summed E-state index contributed by atoms with van der Waals surface area (Å²) in [5, 5.41) is 3.01. The van der Waals surface area contributed by atoms with Crippen LogP contribution in [0.25, 0.3) is 5.65 Å². The fourth-order valence-corrected chi connectivity index (χ4v) is 1.76. The largest absolute Gasteiger partial charge is 0.472 e. The summed E-state index contributed by atoms with van der Waals surface area (Å²) in [5.41, 5.74) is 0.756. The summed E-state index contributed by atoms with van der Waals surface area (Å²) in [5.74, 6) is 1.36. The normalized spacial score (nSPS) is 12.6. The molecule has 17 heavy (non-hydrogen) atoms. The van der Waals surface area contributed by atoms with Crippen LogP contribution in [0.4, 0.5) is 5.82 Å². The van der Waals surface area contributed by atoms with E-state index >= 15 is 0 Å². The van der Waals surface area contributed by atoms with Crippen molar-refractivity contribution in [3.8, 4) is 5.88 Å². The summed E-state index contributed by atoms with van der Waals surface area (Å²) < 4.78 is 7.74. The third-order valence-corrected chi connectivity index (χ3v) is 2.61. The molecule has 0 aliphatic carbocycles. The summed E-state index contributed by atoms with van der Waals surface area (Å²) in [7, 11) is 1.84. The van der Waals surface area contributed by atoms with Gasteiger partial charge in [-0.05, 0) is 13.3 Å². The van der Waals surface area contributed by atoms with Gasteiger partial charge < -0.3 is 10.1 Å². The van der Waals surface area contributed by atoms with Crippen molar-refractivity contribution in [3.05, 3.63) is 18.6 Å². The lowest BCUT2D eigenvalue weighted by atomic mass is 10.2. The zero-order chi connectivity index (χ0) is 12.3. The van der Waals surface area contributed by atoms with Crippen LogP contribution in [0.5, 0.6) is 5.88 Å². The van der Waals surface area contributed by atoms with Crippen molar-refractivity contribution in [1.29, 1.82) is 0 Å². The molecule has 0 amide bonds. The van der Waals surface area contributed by atoms with E-state index in [0.717, 1.165) is 24.3 Å². The number of nitrogens with one attached hydrogen (secondary N) is 1. The first-order valence-electron chi connectivity index (χ1n) is 5.92. The molecule has 0 aliphatic rings. The van der Waals surface area contributed by atoms with Gasteiger partial charge in [-0.25, -0.2) is 4.98 Å². The third-order valence-electron chi connectivity index (χ3n) is 2.61. The van der Waals surface area contributed by atoms with Gasteiger partial charge in [0.15, 0.2) is 0 Å². The maximum Gasteiger partial charge on any atom is 0.260 e. The molecule has 0 aliphatic heterocycles. The highest BCUT2D eigenvalue weighted by Gasteiger charge is 2.11. The van der Waals surface area contributed by atoms with Gasteiger partial charge in [-0.1, -0.05) is 13.3 Å². The molecule has 92 valence electrons. The van der Waals surface area contributed by atoms with Crippen LogP contribution < -0.4 is 10.1 Å². The number of ether oxygens (including phenoxy) is 1. The Hall–Kier alpha value is -1.78. The van der Waals surface area contributed by atoms with Gasteiger partial charge in [-0.15, -0.1) is 0 Å². The van der Waals surface area contributed by atoms with Gasteiger partial charge >= 0.3 is 0 Å². The Bertz CT molecular complexity index is 494. The number of hydrogen-bond acceptors (Lipinski definition) is 4. The van der Waals surface area contributed by atoms with Gasteiger partial charge in [-0.2, -0.15) is 4.98 Å². The van der Waals surface area contributed by atoms with Crippen LogP contribution >= 0.6 is 0 Å². The molecule has 0 saturated heterocycles. The Labute approximate surface area is 101 Å². The van der Waals surface area contributed by atoms with Crippen LogP contribution in [0.1, 0.15) is 26.7 Å². The van der Waals surface area contributed by atoms with E-state index in [1.54, 1.807) is 6.20 Å². The molecule has 0 spiro atoms. The fourth-order valence-electron chi connectivity index (χ4n) is 1.76. The number of imidazole rings is 1. The number of rotatable bonds is 5. The SMILES string of the molecule is CCCC(C)Oc1nc(NC)cn2ccnc12. The molecule has 1 N–H and O–H groups in total. The quantitative estimate of drug-likeness (QED) is 0.862. The van der Waals surface area contributed by atoms with Crippen LogP contribution in [0.3, 0.4) is 0 Å². The molecule has 2 aromatic rings. The number of aromatic nitrogens is 3. The first-order chi connectivity index (χ1) is 8.24. The van der Waals surface area contributed by atoms with E-state index in [1.807, 2.05) is 23.8 Å². The highest BCUT2D eigenvalue weighted by molar-refractivity contribution is 5.53. The fraction of sp³-hybridized carbons (Fsp3) is 0.500. The Kier molecular flexibility index (Phi) is 3.46. The minimum absolute atomic E-state index is 0.153. The predicted molar refractivity (Wildman–Crippen MR) is 67.5 cm³/mol. The second kappa shape index (κ2) is 5.03. The van der Waals surface area contributed by atoms with E-state index in [0.29, 0.717) is 5.88 Å². The van der Waals surface area contributed by atoms with Gasteiger partial charge in [0.1, 0.15) is 5.82 Å². The molecule has 2 heterocycles. The van der Waals surface area contributed by atoms with Crippen molar-refractivity contribution in [2.45, 2.75) is 32.8 Å². The minimum atomic E-state index is 0.153. The topological polar surface area (TPSA) is 51.5 Å². The lowest BCUT2D eigenvalue weighted by Gasteiger charge is -2.14. The Morgan fingerprint density at radius 2 is 2.35 bits per heavy atom. The molecule has 5 heteroatoms. The molecule has 0 fully saturated rings. The predicted octanol–water partition coefficient (Wildman–Crippen LogP) is 2.34. The van der Waals surface area contributed by atoms with Crippen LogP contribution in [0.2, 0.25) is 0 Å². The molecule has 0 aromatic carbocycles. The zero-order valence-electron chi connectivity index (χ0n) is 10.5. The molecule has 5 nitrogen and oxygen atoms in total. The Balaban J connectivity index is 2.33. The van der Waals surface area contributed by atoms with Gasteiger partial charge in [0.05, 0.1) is 12.3 Å². The Morgan fingerprint density at radius 3 is 3.06 bits per heavy atom. The summed E-state index contributed by atoms with van der Waals surface area (Å²) in [6.07, 6.45) is 7.78. The van der Waals surface area contributed by atoms with E-state index in [2.05, 4.69) is 29.1 Å². The van der Waals surface area contributed by atoms with E-state index in [9.17, 15) is 0 Å². The van der Waals surface area contributed by atoms with Crippen LogP contribution in [-0.2, 0) is 0 Å². The molecule has 1 atom stereocenters. The summed E-state index contributed by atoms with van der Waals surface area (Å²) in [4.78, 5) is 8.65. The van der Waals surface area contributed by atoms with Crippen LogP contribution in [-0.4, -0.2) is 27.5 Å². The van der Waals surface area contributed by atoms with Gasteiger partial charge in [0.25, 0.3) is 5.88 Å². The number of anilines is 1. The number of hydrogen-bond donors (Lipinski definition) is 1. The molecular formula is C12H18N4O. The van der Waals surface area contributed by atoms with Crippen molar-refractivity contribution in [1.82, 2.24) is 14.4 Å². The second-order valence-electron chi connectivity index (χ2n) is 4.06. The average Bonchev–Trinajstić information content (AvgIpc) is 2.77. The van der Waals surface area contributed by atoms with Crippen LogP contribution in [0.15, 0.2) is 18.6 Å². The number of fused-ring (bicyclic) bond motifs is 1. The van der Waals surface area contributed by atoms with Crippen molar-refractivity contribution in [2.24, 2.45) is 0 Å². The van der Waals surface area contributed by atoms with E-state index in [1.165, 1.54) is 0 Å². The number of nitrogens with zero attached hydrogens (tertiary/aromatic N) is 3.